The molecule has 98 valence electrons. The van der Waals surface area contributed by atoms with Crippen LogP contribution >= 0.6 is 0 Å². The molecular formula is C15H21NO2. The van der Waals surface area contributed by atoms with Crippen LogP contribution in [-0.4, -0.2) is 18.9 Å². The van der Waals surface area contributed by atoms with Crippen molar-refractivity contribution in [3.8, 4) is 11.5 Å². The molecular weight excluding hydrogens is 226 g/mol. The summed E-state index contributed by atoms with van der Waals surface area (Å²) in [5, 5.41) is 3.41. The van der Waals surface area contributed by atoms with Gasteiger partial charge in [0.1, 0.15) is 0 Å². The highest BCUT2D eigenvalue weighted by Crippen LogP contribution is 2.43. The van der Waals surface area contributed by atoms with E-state index in [9.17, 15) is 0 Å². The average Bonchev–Trinajstić information content (AvgIpc) is 2.62. The maximum atomic E-state index is 5.84. The third kappa shape index (κ3) is 2.07. The van der Waals surface area contributed by atoms with Crippen molar-refractivity contribution in [1.29, 1.82) is 0 Å². The third-order valence-electron chi connectivity index (χ3n) is 3.82. The zero-order chi connectivity index (χ0) is 12.8. The third-order valence-corrected chi connectivity index (χ3v) is 3.82. The van der Waals surface area contributed by atoms with Gasteiger partial charge in [0.15, 0.2) is 11.5 Å². The summed E-state index contributed by atoms with van der Waals surface area (Å²) in [6, 6.07) is 4.32. The first-order valence-corrected chi connectivity index (χ1v) is 6.78. The fourth-order valence-electron chi connectivity index (χ4n) is 2.96. The normalized spacial score (nSPS) is 22.2. The summed E-state index contributed by atoms with van der Waals surface area (Å²) in [4.78, 5) is 0. The monoisotopic (exact) mass is 247 g/mol. The molecule has 18 heavy (non-hydrogen) atoms. The first-order valence-electron chi connectivity index (χ1n) is 6.78. The Balaban J connectivity index is 1.93. The van der Waals surface area contributed by atoms with Crippen LogP contribution < -0.4 is 14.8 Å². The first kappa shape index (κ1) is 11.8. The van der Waals surface area contributed by atoms with Gasteiger partial charge in [-0.2, -0.15) is 0 Å². The molecule has 0 spiro atoms. The maximum absolute atomic E-state index is 5.84. The van der Waals surface area contributed by atoms with Crippen LogP contribution in [0.15, 0.2) is 12.1 Å². The van der Waals surface area contributed by atoms with Gasteiger partial charge in [0.05, 0.1) is 0 Å². The second-order valence-electron chi connectivity index (χ2n) is 5.78. The number of hydrogen-bond acceptors (Lipinski definition) is 3. The molecule has 3 rings (SSSR count). The Kier molecular flexibility index (Phi) is 2.74. The summed E-state index contributed by atoms with van der Waals surface area (Å²) in [6.45, 7) is 8.31. The molecule has 3 heteroatoms. The smallest absolute Gasteiger partial charge is 0.246 e. The number of aryl methyl sites for hydroxylation is 1. The average molecular weight is 247 g/mol. The van der Waals surface area contributed by atoms with Crippen LogP contribution in [-0.2, 0) is 0 Å². The van der Waals surface area contributed by atoms with E-state index >= 15 is 0 Å². The second kappa shape index (κ2) is 4.16. The first-order chi connectivity index (χ1) is 8.55. The quantitative estimate of drug-likeness (QED) is 0.827. The molecule has 1 fully saturated rings. The van der Waals surface area contributed by atoms with Crippen LogP contribution in [0.25, 0.3) is 0 Å². The number of benzene rings is 1. The summed E-state index contributed by atoms with van der Waals surface area (Å²) in [5.74, 6) is 1.92. The molecule has 0 aliphatic carbocycles. The highest BCUT2D eigenvalue weighted by molar-refractivity contribution is 5.50. The molecule has 0 aromatic heterocycles. The molecule has 0 radical (unpaired) electrons. The molecule has 1 saturated heterocycles. The summed E-state index contributed by atoms with van der Waals surface area (Å²) in [7, 11) is 0. The zero-order valence-corrected chi connectivity index (χ0v) is 11.4. The summed E-state index contributed by atoms with van der Waals surface area (Å²) >= 11 is 0. The van der Waals surface area contributed by atoms with Crippen molar-refractivity contribution in [1.82, 2.24) is 5.32 Å². The number of ether oxygens (including phenoxy) is 2. The van der Waals surface area contributed by atoms with E-state index in [4.69, 9.17) is 9.47 Å². The molecule has 1 aromatic rings. The predicted octanol–water partition coefficient (Wildman–Crippen LogP) is 2.97. The zero-order valence-electron chi connectivity index (χ0n) is 11.4. The van der Waals surface area contributed by atoms with Crippen molar-refractivity contribution >= 4 is 0 Å². The number of fused-ring (bicyclic) bond motifs is 1. The Morgan fingerprint density at radius 3 is 2.39 bits per heavy atom. The Hall–Kier alpha value is -1.22. The van der Waals surface area contributed by atoms with Gasteiger partial charge in [0, 0.05) is 13.8 Å². The number of rotatable bonds is 1. The lowest BCUT2D eigenvalue weighted by molar-refractivity contribution is -0.0431. The van der Waals surface area contributed by atoms with Crippen molar-refractivity contribution in [2.75, 3.05) is 13.1 Å². The number of hydrogen-bond donors (Lipinski definition) is 1. The van der Waals surface area contributed by atoms with Crippen LogP contribution in [0.1, 0.15) is 43.7 Å². The van der Waals surface area contributed by atoms with Gasteiger partial charge < -0.3 is 14.8 Å². The lowest BCUT2D eigenvalue weighted by Gasteiger charge is -2.24. The van der Waals surface area contributed by atoms with E-state index in [1.54, 1.807) is 0 Å². The van der Waals surface area contributed by atoms with Crippen LogP contribution in [0.5, 0.6) is 11.5 Å². The van der Waals surface area contributed by atoms with E-state index < -0.39 is 5.79 Å². The minimum absolute atomic E-state index is 0.526. The Morgan fingerprint density at radius 2 is 1.72 bits per heavy atom. The fraction of sp³-hybridized carbons (Fsp3) is 0.600. The van der Waals surface area contributed by atoms with E-state index in [1.807, 2.05) is 13.8 Å². The molecule has 1 N–H and O–H groups in total. The highest BCUT2D eigenvalue weighted by Gasteiger charge is 2.33. The van der Waals surface area contributed by atoms with Crippen molar-refractivity contribution in [3.63, 3.8) is 0 Å². The maximum Gasteiger partial charge on any atom is 0.246 e. The number of nitrogens with one attached hydrogen (secondary N) is 1. The van der Waals surface area contributed by atoms with Crippen molar-refractivity contribution < 1.29 is 9.47 Å². The van der Waals surface area contributed by atoms with Crippen LogP contribution in [0.4, 0.5) is 0 Å². The molecule has 0 saturated carbocycles. The highest BCUT2D eigenvalue weighted by atomic mass is 16.7. The van der Waals surface area contributed by atoms with Gasteiger partial charge in [-0.1, -0.05) is 0 Å². The Morgan fingerprint density at radius 1 is 1.11 bits per heavy atom. The molecule has 2 aliphatic rings. The molecule has 3 nitrogen and oxygen atoms in total. The van der Waals surface area contributed by atoms with Gasteiger partial charge in [0.2, 0.25) is 5.79 Å². The van der Waals surface area contributed by atoms with Crippen LogP contribution in [0, 0.1) is 6.92 Å². The Bertz CT molecular complexity index is 462. The van der Waals surface area contributed by atoms with E-state index in [1.165, 1.54) is 24.0 Å². The molecule has 0 bridgehead atoms. The van der Waals surface area contributed by atoms with Gasteiger partial charge >= 0.3 is 0 Å². The van der Waals surface area contributed by atoms with Crippen LogP contribution in [0.2, 0.25) is 0 Å². The largest absolute Gasteiger partial charge is 0.449 e. The molecule has 2 aliphatic heterocycles. The van der Waals surface area contributed by atoms with E-state index in [-0.39, 0.29) is 0 Å². The van der Waals surface area contributed by atoms with Gasteiger partial charge in [-0.3, -0.25) is 0 Å². The summed E-state index contributed by atoms with van der Waals surface area (Å²) in [6.07, 6.45) is 2.42. The van der Waals surface area contributed by atoms with Crippen molar-refractivity contribution in [3.05, 3.63) is 23.3 Å². The van der Waals surface area contributed by atoms with E-state index in [0.717, 1.165) is 24.6 Å². The lowest BCUT2D eigenvalue weighted by Crippen LogP contribution is -2.29. The Labute approximate surface area is 108 Å². The number of piperidine rings is 1. The molecule has 1 aromatic carbocycles. The second-order valence-corrected chi connectivity index (χ2v) is 5.78. The van der Waals surface area contributed by atoms with Crippen LogP contribution in [0.3, 0.4) is 0 Å². The SMILES string of the molecule is Cc1cc2c(cc1C1CCNCC1)OC(C)(C)O2. The lowest BCUT2D eigenvalue weighted by atomic mass is 9.87. The minimum Gasteiger partial charge on any atom is -0.449 e. The molecule has 2 heterocycles. The summed E-state index contributed by atoms with van der Waals surface area (Å²) in [5.41, 5.74) is 2.75. The van der Waals surface area contributed by atoms with Crippen molar-refractivity contribution in [2.45, 2.75) is 45.3 Å². The van der Waals surface area contributed by atoms with E-state index in [2.05, 4.69) is 24.4 Å². The van der Waals surface area contributed by atoms with E-state index in [0.29, 0.717) is 5.92 Å². The summed E-state index contributed by atoms with van der Waals surface area (Å²) < 4.78 is 11.6. The van der Waals surface area contributed by atoms with Gasteiger partial charge in [-0.05, 0) is 62.0 Å². The minimum atomic E-state index is -0.526. The topological polar surface area (TPSA) is 30.5 Å². The predicted molar refractivity (Wildman–Crippen MR) is 71.4 cm³/mol. The van der Waals surface area contributed by atoms with Gasteiger partial charge in [0.25, 0.3) is 0 Å². The molecule has 0 atom stereocenters. The molecule has 0 unspecified atom stereocenters. The molecule has 0 amide bonds. The standard InChI is InChI=1S/C15H21NO2/c1-10-8-13-14(18-15(2,3)17-13)9-12(10)11-4-6-16-7-5-11/h8-9,11,16H,4-7H2,1-3H3. The van der Waals surface area contributed by atoms with Gasteiger partial charge in [-0.25, -0.2) is 0 Å². The van der Waals surface area contributed by atoms with Gasteiger partial charge in [-0.15, -0.1) is 0 Å². The fourth-order valence-corrected chi connectivity index (χ4v) is 2.96. The van der Waals surface area contributed by atoms with Crippen molar-refractivity contribution in [2.24, 2.45) is 0 Å².